The zero-order valence-electron chi connectivity index (χ0n) is 7.33. The zero-order valence-corrected chi connectivity index (χ0v) is 7.33. The van der Waals surface area contributed by atoms with Crippen LogP contribution in [0, 0.1) is 23.7 Å². The number of rotatable bonds is 2. The van der Waals surface area contributed by atoms with E-state index in [2.05, 4.69) is 29.0 Å². The molecular formula is C10H15N. The van der Waals surface area contributed by atoms with E-state index >= 15 is 0 Å². The molecule has 0 aliphatic carbocycles. The Labute approximate surface area is 69.6 Å². The summed E-state index contributed by atoms with van der Waals surface area (Å²) in [6.07, 6.45) is 1.87. The van der Waals surface area contributed by atoms with E-state index in [4.69, 9.17) is 0 Å². The van der Waals surface area contributed by atoms with Crippen molar-refractivity contribution < 1.29 is 0 Å². The minimum Gasteiger partial charge on any atom is -0.295 e. The Morgan fingerprint density at radius 2 is 1.27 bits per heavy atom. The summed E-state index contributed by atoms with van der Waals surface area (Å²) < 4.78 is 0. The van der Waals surface area contributed by atoms with Crippen LogP contribution in [-0.4, -0.2) is 13.1 Å². The van der Waals surface area contributed by atoms with Crippen LogP contribution >= 0.6 is 0 Å². The number of hydrogen-bond donors (Lipinski definition) is 1. The maximum atomic E-state index is 3.11. The highest BCUT2D eigenvalue weighted by atomic mass is 14.8. The number of nitrogens with one attached hydrogen (secondary N) is 1. The molecule has 0 fully saturated rings. The van der Waals surface area contributed by atoms with Gasteiger partial charge in [0.05, 0.1) is 13.1 Å². The van der Waals surface area contributed by atoms with Gasteiger partial charge in [-0.2, -0.15) is 0 Å². The molecule has 60 valence electrons. The van der Waals surface area contributed by atoms with Crippen LogP contribution in [0.15, 0.2) is 0 Å². The second kappa shape index (κ2) is 9.08. The fraction of sp³-hybridized carbons (Fsp3) is 0.600. The molecule has 0 amide bonds. The Hall–Kier alpha value is -0.920. The average Bonchev–Trinajstić information content (AvgIpc) is 2.03. The van der Waals surface area contributed by atoms with Crippen LogP contribution in [0.2, 0.25) is 0 Å². The summed E-state index contributed by atoms with van der Waals surface area (Å²) >= 11 is 0. The van der Waals surface area contributed by atoms with E-state index in [0.717, 1.165) is 25.9 Å². The molecule has 0 aromatic rings. The van der Waals surface area contributed by atoms with E-state index in [1.54, 1.807) is 0 Å². The molecule has 0 spiro atoms. The molecule has 0 saturated heterocycles. The molecule has 0 saturated carbocycles. The predicted octanol–water partition coefficient (Wildman–Crippen LogP) is 1.40. The van der Waals surface area contributed by atoms with Crippen molar-refractivity contribution >= 4 is 0 Å². The minimum absolute atomic E-state index is 0.756. The average molecular weight is 149 g/mol. The van der Waals surface area contributed by atoms with Gasteiger partial charge in [-0.05, 0) is 0 Å². The van der Waals surface area contributed by atoms with Gasteiger partial charge in [0.25, 0.3) is 0 Å². The van der Waals surface area contributed by atoms with E-state index in [-0.39, 0.29) is 0 Å². The van der Waals surface area contributed by atoms with Gasteiger partial charge in [0.2, 0.25) is 0 Å². The zero-order chi connectivity index (χ0) is 8.36. The van der Waals surface area contributed by atoms with Gasteiger partial charge in [-0.15, -0.1) is 11.8 Å². The molecule has 0 radical (unpaired) electrons. The first-order chi connectivity index (χ1) is 5.41. The molecule has 0 aromatic heterocycles. The van der Waals surface area contributed by atoms with Crippen molar-refractivity contribution in [2.75, 3.05) is 13.1 Å². The first-order valence-electron chi connectivity index (χ1n) is 4.04. The van der Waals surface area contributed by atoms with E-state index in [1.165, 1.54) is 0 Å². The summed E-state index contributed by atoms with van der Waals surface area (Å²) in [6.45, 7) is 5.60. The lowest BCUT2D eigenvalue weighted by Crippen LogP contribution is -2.13. The smallest absolute Gasteiger partial charge is 0.0583 e. The lowest BCUT2D eigenvalue weighted by Gasteiger charge is -1.88. The molecular weight excluding hydrogens is 134 g/mol. The van der Waals surface area contributed by atoms with Crippen LogP contribution in [0.3, 0.4) is 0 Å². The van der Waals surface area contributed by atoms with Crippen LogP contribution in [0.1, 0.15) is 26.7 Å². The highest BCUT2D eigenvalue weighted by Gasteiger charge is 1.73. The third-order valence-electron chi connectivity index (χ3n) is 1.03. The molecule has 0 rings (SSSR count). The summed E-state index contributed by atoms with van der Waals surface area (Å²) in [5, 5.41) is 3.11. The third-order valence-corrected chi connectivity index (χ3v) is 1.03. The Morgan fingerprint density at radius 1 is 0.818 bits per heavy atom. The fourth-order valence-electron chi connectivity index (χ4n) is 0.562. The van der Waals surface area contributed by atoms with E-state index < -0.39 is 0 Å². The van der Waals surface area contributed by atoms with E-state index in [1.807, 2.05) is 13.8 Å². The van der Waals surface area contributed by atoms with Gasteiger partial charge in [-0.25, -0.2) is 0 Å². The van der Waals surface area contributed by atoms with Gasteiger partial charge in [0, 0.05) is 12.8 Å². The normalized spacial score (nSPS) is 7.45. The van der Waals surface area contributed by atoms with Gasteiger partial charge in [-0.1, -0.05) is 25.7 Å². The molecule has 0 aliphatic heterocycles. The van der Waals surface area contributed by atoms with Crippen molar-refractivity contribution in [3.8, 4) is 23.7 Å². The van der Waals surface area contributed by atoms with Crippen molar-refractivity contribution in [1.82, 2.24) is 5.32 Å². The molecule has 11 heavy (non-hydrogen) atoms. The Balaban J connectivity index is 3.14. The van der Waals surface area contributed by atoms with Crippen LogP contribution < -0.4 is 5.32 Å². The first-order valence-corrected chi connectivity index (χ1v) is 4.04. The Bertz CT molecular complexity index is 162. The third kappa shape index (κ3) is 9.08. The van der Waals surface area contributed by atoms with Crippen LogP contribution in [0.4, 0.5) is 0 Å². The van der Waals surface area contributed by atoms with Crippen molar-refractivity contribution in [1.29, 1.82) is 0 Å². The summed E-state index contributed by atoms with van der Waals surface area (Å²) in [4.78, 5) is 0. The van der Waals surface area contributed by atoms with Crippen molar-refractivity contribution in [3.63, 3.8) is 0 Å². The topological polar surface area (TPSA) is 12.0 Å². The van der Waals surface area contributed by atoms with E-state index in [0.29, 0.717) is 0 Å². The standard InChI is InChI=1S/C10H15N/c1-3-5-7-9-11-10-8-6-4-2/h11H,3-4,9-10H2,1-2H3. The van der Waals surface area contributed by atoms with Crippen LogP contribution in [-0.2, 0) is 0 Å². The van der Waals surface area contributed by atoms with Crippen molar-refractivity contribution in [2.45, 2.75) is 26.7 Å². The molecule has 0 atom stereocenters. The van der Waals surface area contributed by atoms with Crippen molar-refractivity contribution in [3.05, 3.63) is 0 Å². The Morgan fingerprint density at radius 3 is 1.64 bits per heavy atom. The summed E-state index contributed by atoms with van der Waals surface area (Å²) in [5.74, 6) is 11.9. The molecule has 1 nitrogen and oxygen atoms in total. The highest BCUT2D eigenvalue weighted by molar-refractivity contribution is 5.03. The first kappa shape index (κ1) is 10.1. The van der Waals surface area contributed by atoms with Gasteiger partial charge in [-0.3, -0.25) is 5.32 Å². The molecule has 0 aliphatic rings. The maximum Gasteiger partial charge on any atom is 0.0583 e. The van der Waals surface area contributed by atoms with Gasteiger partial charge >= 0.3 is 0 Å². The largest absolute Gasteiger partial charge is 0.295 e. The second-order valence-electron chi connectivity index (χ2n) is 2.02. The quantitative estimate of drug-likeness (QED) is 0.462. The summed E-state index contributed by atoms with van der Waals surface area (Å²) in [7, 11) is 0. The predicted molar refractivity (Wildman–Crippen MR) is 49.0 cm³/mol. The van der Waals surface area contributed by atoms with E-state index in [9.17, 15) is 0 Å². The Kier molecular flexibility index (Phi) is 8.32. The lowest BCUT2D eigenvalue weighted by atomic mass is 10.4. The molecule has 0 heterocycles. The molecule has 0 unspecified atom stereocenters. The fourth-order valence-corrected chi connectivity index (χ4v) is 0.562. The van der Waals surface area contributed by atoms with Crippen molar-refractivity contribution in [2.24, 2.45) is 0 Å². The van der Waals surface area contributed by atoms with Gasteiger partial charge < -0.3 is 0 Å². The molecule has 1 heteroatoms. The highest BCUT2D eigenvalue weighted by Crippen LogP contribution is 1.67. The lowest BCUT2D eigenvalue weighted by molar-refractivity contribution is 0.870. The maximum absolute atomic E-state index is 3.11. The minimum atomic E-state index is 0.756. The number of hydrogen-bond acceptors (Lipinski definition) is 1. The van der Waals surface area contributed by atoms with Gasteiger partial charge in [0.15, 0.2) is 0 Å². The summed E-state index contributed by atoms with van der Waals surface area (Å²) in [6, 6.07) is 0. The molecule has 0 bridgehead atoms. The van der Waals surface area contributed by atoms with Gasteiger partial charge in [0.1, 0.15) is 0 Å². The molecule has 1 N–H and O–H groups in total. The monoisotopic (exact) mass is 149 g/mol. The molecule has 0 aromatic carbocycles. The summed E-state index contributed by atoms with van der Waals surface area (Å²) in [5.41, 5.74) is 0. The second-order valence-corrected chi connectivity index (χ2v) is 2.02. The SMILES string of the molecule is CCC#CCNCC#CCC. The van der Waals surface area contributed by atoms with Crippen LogP contribution in [0.25, 0.3) is 0 Å². The van der Waals surface area contributed by atoms with Crippen LogP contribution in [0.5, 0.6) is 0 Å².